The van der Waals surface area contributed by atoms with Crippen molar-refractivity contribution in [3.8, 4) is 11.8 Å². The molecule has 0 unspecified atom stereocenters. The van der Waals surface area contributed by atoms with Gasteiger partial charge in [-0.05, 0) is 37.8 Å². The highest BCUT2D eigenvalue weighted by Gasteiger charge is 2.42. The van der Waals surface area contributed by atoms with Crippen molar-refractivity contribution in [2.75, 3.05) is 0 Å². The van der Waals surface area contributed by atoms with E-state index in [0.717, 1.165) is 30.4 Å². The summed E-state index contributed by atoms with van der Waals surface area (Å²) in [5, 5.41) is 19.5. The van der Waals surface area contributed by atoms with Gasteiger partial charge in [0.15, 0.2) is 0 Å². The number of nitriles is 1. The number of phenolic OH excluding ortho intramolecular Hbond substituents is 1. The molecule has 1 saturated carbocycles. The Morgan fingerprint density at radius 3 is 2.60 bits per heavy atom. The number of nitrogens with zero attached hydrogens (tertiary/aromatic N) is 1. The standard InChI is InChI=1S/C12H12ClNO/c1-8-3-4-9(13)11(15)10(8)12(7-14)5-2-6-12/h3-4,15H,2,5-6H2,1H3. The van der Waals surface area contributed by atoms with Crippen LogP contribution in [0, 0.1) is 18.3 Å². The molecule has 0 aromatic heterocycles. The second kappa shape index (κ2) is 3.43. The van der Waals surface area contributed by atoms with Crippen LogP contribution in [0.25, 0.3) is 0 Å². The first-order chi connectivity index (χ1) is 7.10. The minimum atomic E-state index is -0.501. The molecule has 0 amide bonds. The molecule has 0 heterocycles. The van der Waals surface area contributed by atoms with Crippen molar-refractivity contribution >= 4 is 11.6 Å². The summed E-state index contributed by atoms with van der Waals surface area (Å²) in [6.45, 7) is 1.91. The predicted molar refractivity (Wildman–Crippen MR) is 59.0 cm³/mol. The fraction of sp³-hybridized carbons (Fsp3) is 0.417. The first-order valence-corrected chi connectivity index (χ1v) is 5.38. The van der Waals surface area contributed by atoms with E-state index in [9.17, 15) is 10.4 Å². The van der Waals surface area contributed by atoms with Gasteiger partial charge in [0.1, 0.15) is 5.75 Å². The van der Waals surface area contributed by atoms with Gasteiger partial charge in [-0.2, -0.15) is 5.26 Å². The second-order valence-electron chi connectivity index (χ2n) is 4.14. The number of aromatic hydroxyl groups is 1. The average Bonchev–Trinajstić information content (AvgIpc) is 2.16. The maximum atomic E-state index is 9.93. The van der Waals surface area contributed by atoms with Crippen LogP contribution in [-0.4, -0.2) is 5.11 Å². The summed E-state index contributed by atoms with van der Waals surface area (Å²) in [5.41, 5.74) is 1.17. The Balaban J connectivity index is 2.62. The highest BCUT2D eigenvalue weighted by molar-refractivity contribution is 6.32. The number of aryl methyl sites for hydroxylation is 1. The smallest absolute Gasteiger partial charge is 0.139 e. The van der Waals surface area contributed by atoms with E-state index in [0.29, 0.717) is 5.02 Å². The molecule has 78 valence electrons. The van der Waals surface area contributed by atoms with Crippen molar-refractivity contribution in [2.24, 2.45) is 0 Å². The Kier molecular flexibility index (Phi) is 2.36. The van der Waals surface area contributed by atoms with Gasteiger partial charge in [0.25, 0.3) is 0 Å². The number of hydrogen-bond donors (Lipinski definition) is 1. The molecule has 0 bridgehead atoms. The average molecular weight is 222 g/mol. The molecule has 1 fully saturated rings. The highest BCUT2D eigenvalue weighted by Crippen LogP contribution is 2.49. The molecule has 0 radical (unpaired) electrons. The Bertz CT molecular complexity index is 444. The lowest BCUT2D eigenvalue weighted by Crippen LogP contribution is -2.33. The third kappa shape index (κ3) is 1.39. The molecule has 1 aromatic rings. The minimum absolute atomic E-state index is 0.0814. The predicted octanol–water partition coefficient (Wildman–Crippen LogP) is 3.30. The number of phenols is 1. The molecule has 1 N–H and O–H groups in total. The van der Waals surface area contributed by atoms with Crippen molar-refractivity contribution in [1.29, 1.82) is 5.26 Å². The fourth-order valence-electron chi connectivity index (χ4n) is 2.22. The molecular weight excluding hydrogens is 210 g/mol. The van der Waals surface area contributed by atoms with Gasteiger partial charge in [0.05, 0.1) is 16.5 Å². The number of rotatable bonds is 1. The lowest BCUT2D eigenvalue weighted by Gasteiger charge is -2.37. The summed E-state index contributed by atoms with van der Waals surface area (Å²) < 4.78 is 0. The Morgan fingerprint density at radius 2 is 2.13 bits per heavy atom. The van der Waals surface area contributed by atoms with Crippen LogP contribution < -0.4 is 0 Å². The van der Waals surface area contributed by atoms with Crippen LogP contribution in [-0.2, 0) is 5.41 Å². The molecule has 0 spiro atoms. The van der Waals surface area contributed by atoms with Gasteiger partial charge in [0.2, 0.25) is 0 Å². The number of halogens is 1. The quantitative estimate of drug-likeness (QED) is 0.791. The molecule has 0 aliphatic heterocycles. The molecule has 2 nitrogen and oxygen atoms in total. The van der Waals surface area contributed by atoms with Crippen LogP contribution in [0.5, 0.6) is 5.75 Å². The number of benzene rings is 1. The first kappa shape index (κ1) is 10.3. The third-order valence-electron chi connectivity index (χ3n) is 3.24. The topological polar surface area (TPSA) is 44.0 Å². The lowest BCUT2D eigenvalue weighted by atomic mass is 9.64. The molecule has 2 rings (SSSR count). The van der Waals surface area contributed by atoms with Crippen molar-refractivity contribution < 1.29 is 5.11 Å². The van der Waals surface area contributed by atoms with Gasteiger partial charge in [0, 0.05) is 5.56 Å². The maximum Gasteiger partial charge on any atom is 0.139 e. The van der Waals surface area contributed by atoms with Gasteiger partial charge in [-0.3, -0.25) is 0 Å². The molecule has 1 aliphatic carbocycles. The Labute approximate surface area is 94.1 Å². The van der Waals surface area contributed by atoms with E-state index >= 15 is 0 Å². The van der Waals surface area contributed by atoms with E-state index in [2.05, 4.69) is 6.07 Å². The van der Waals surface area contributed by atoms with Crippen LogP contribution >= 0.6 is 11.6 Å². The zero-order valence-corrected chi connectivity index (χ0v) is 9.30. The van der Waals surface area contributed by atoms with E-state index in [1.165, 1.54) is 0 Å². The van der Waals surface area contributed by atoms with Crippen LogP contribution in [0.1, 0.15) is 30.4 Å². The SMILES string of the molecule is Cc1ccc(Cl)c(O)c1C1(C#N)CCC1. The molecule has 1 aromatic carbocycles. The van der Waals surface area contributed by atoms with Crippen molar-refractivity contribution in [1.82, 2.24) is 0 Å². The first-order valence-electron chi connectivity index (χ1n) is 5.00. The molecule has 3 heteroatoms. The maximum absolute atomic E-state index is 9.93. The fourth-order valence-corrected chi connectivity index (χ4v) is 2.38. The normalized spacial score (nSPS) is 17.9. The van der Waals surface area contributed by atoms with Gasteiger partial charge in [-0.25, -0.2) is 0 Å². The monoisotopic (exact) mass is 221 g/mol. The van der Waals surface area contributed by atoms with E-state index in [1.54, 1.807) is 6.07 Å². The summed E-state index contributed by atoms with van der Waals surface area (Å²) in [6, 6.07) is 5.84. The highest BCUT2D eigenvalue weighted by atomic mass is 35.5. The Morgan fingerprint density at radius 1 is 1.47 bits per heavy atom. The number of hydrogen-bond acceptors (Lipinski definition) is 2. The third-order valence-corrected chi connectivity index (χ3v) is 3.54. The van der Waals surface area contributed by atoms with Gasteiger partial charge in [-0.15, -0.1) is 0 Å². The summed E-state index contributed by atoms with van der Waals surface area (Å²) in [5.74, 6) is 0.0814. The molecule has 15 heavy (non-hydrogen) atoms. The van der Waals surface area contributed by atoms with Crippen LogP contribution in [0.2, 0.25) is 5.02 Å². The van der Waals surface area contributed by atoms with Crippen LogP contribution in [0.3, 0.4) is 0 Å². The van der Waals surface area contributed by atoms with E-state index in [1.807, 2.05) is 13.0 Å². The second-order valence-corrected chi connectivity index (χ2v) is 4.54. The summed E-state index contributed by atoms with van der Waals surface area (Å²) in [6.07, 6.45) is 2.68. The largest absolute Gasteiger partial charge is 0.506 e. The molecular formula is C12H12ClNO. The molecule has 0 saturated heterocycles. The zero-order chi connectivity index (χ0) is 11.1. The van der Waals surface area contributed by atoms with E-state index in [-0.39, 0.29) is 5.75 Å². The van der Waals surface area contributed by atoms with Crippen molar-refractivity contribution in [3.05, 3.63) is 28.3 Å². The zero-order valence-electron chi connectivity index (χ0n) is 8.55. The minimum Gasteiger partial charge on any atom is -0.506 e. The lowest BCUT2D eigenvalue weighted by molar-refractivity contribution is 0.310. The molecule has 0 atom stereocenters. The molecule has 1 aliphatic rings. The van der Waals surface area contributed by atoms with E-state index < -0.39 is 5.41 Å². The summed E-state index contributed by atoms with van der Waals surface area (Å²) in [7, 11) is 0. The van der Waals surface area contributed by atoms with Crippen LogP contribution in [0.15, 0.2) is 12.1 Å². The summed E-state index contributed by atoms with van der Waals surface area (Å²) >= 11 is 5.87. The van der Waals surface area contributed by atoms with Gasteiger partial charge < -0.3 is 5.11 Å². The van der Waals surface area contributed by atoms with E-state index in [4.69, 9.17) is 11.6 Å². The van der Waals surface area contributed by atoms with Crippen molar-refractivity contribution in [3.63, 3.8) is 0 Å². The summed E-state index contributed by atoms with van der Waals surface area (Å²) in [4.78, 5) is 0. The van der Waals surface area contributed by atoms with Gasteiger partial charge >= 0.3 is 0 Å². The van der Waals surface area contributed by atoms with Crippen LogP contribution in [0.4, 0.5) is 0 Å². The van der Waals surface area contributed by atoms with Crippen molar-refractivity contribution in [2.45, 2.75) is 31.6 Å². The van der Waals surface area contributed by atoms with Gasteiger partial charge in [-0.1, -0.05) is 17.7 Å². The Hall–Kier alpha value is -1.20.